The minimum Gasteiger partial charge on any atom is -0.453 e. The van der Waals surface area contributed by atoms with Crippen molar-refractivity contribution in [3.05, 3.63) is 35.4 Å². The summed E-state index contributed by atoms with van der Waals surface area (Å²) in [4.78, 5) is 22.4. The molecule has 0 fully saturated rings. The molecule has 0 heterocycles. The Kier molecular flexibility index (Phi) is 4.98. The number of amides is 2. The maximum Gasteiger partial charge on any atom is 0.408 e. The van der Waals surface area contributed by atoms with E-state index in [0.29, 0.717) is 0 Å². The minimum absolute atomic E-state index is 0.642. The Morgan fingerprint density at radius 3 is 1.83 bits per heavy atom. The summed E-state index contributed by atoms with van der Waals surface area (Å²) in [5.74, 6) is 0. The third-order valence-corrected chi connectivity index (χ3v) is 2.31. The lowest BCUT2D eigenvalue weighted by Gasteiger charge is -2.19. The second kappa shape index (κ2) is 6.48. The normalized spacial score (nSPS) is 9.78. The molecule has 98 valence electrons. The van der Waals surface area contributed by atoms with Gasteiger partial charge in [0.05, 0.1) is 14.2 Å². The standard InChI is InChI=1S/C12H16N2O4/c1-8-4-6-9(7-5-8)10(13-11(15)17-2)14-12(16)18-3/h4-7,10H,1-3H3,(H,13,15)(H,14,16). The summed E-state index contributed by atoms with van der Waals surface area (Å²) in [6.45, 7) is 1.94. The Balaban J connectivity index is 2.85. The van der Waals surface area contributed by atoms with Gasteiger partial charge in [-0.1, -0.05) is 29.8 Å². The van der Waals surface area contributed by atoms with Crippen LogP contribution in [0, 0.1) is 6.92 Å². The number of aryl methyl sites for hydroxylation is 1. The summed E-state index contributed by atoms with van der Waals surface area (Å²) in [5.41, 5.74) is 1.80. The molecule has 0 aliphatic rings. The van der Waals surface area contributed by atoms with Gasteiger partial charge in [-0.05, 0) is 12.5 Å². The predicted octanol–water partition coefficient (Wildman–Crippen LogP) is 1.71. The van der Waals surface area contributed by atoms with E-state index in [1.54, 1.807) is 12.1 Å². The van der Waals surface area contributed by atoms with Gasteiger partial charge in [0.1, 0.15) is 6.17 Å². The van der Waals surface area contributed by atoms with E-state index < -0.39 is 18.4 Å². The van der Waals surface area contributed by atoms with Crippen LogP contribution in [0.15, 0.2) is 24.3 Å². The molecule has 6 nitrogen and oxygen atoms in total. The minimum atomic E-state index is -0.703. The molecule has 0 aromatic heterocycles. The van der Waals surface area contributed by atoms with Crippen LogP contribution in [-0.4, -0.2) is 26.4 Å². The van der Waals surface area contributed by atoms with E-state index >= 15 is 0 Å². The molecule has 6 heteroatoms. The van der Waals surface area contributed by atoms with E-state index in [-0.39, 0.29) is 0 Å². The van der Waals surface area contributed by atoms with E-state index in [2.05, 4.69) is 20.1 Å². The molecule has 0 aliphatic heterocycles. The predicted molar refractivity (Wildman–Crippen MR) is 65.0 cm³/mol. The van der Waals surface area contributed by atoms with Crippen LogP contribution in [0.3, 0.4) is 0 Å². The topological polar surface area (TPSA) is 76.7 Å². The van der Waals surface area contributed by atoms with Gasteiger partial charge in [-0.3, -0.25) is 10.6 Å². The highest BCUT2D eigenvalue weighted by Crippen LogP contribution is 2.11. The number of alkyl carbamates (subject to hydrolysis) is 2. The van der Waals surface area contributed by atoms with E-state index in [1.807, 2.05) is 19.1 Å². The van der Waals surface area contributed by atoms with Crippen molar-refractivity contribution in [1.82, 2.24) is 10.6 Å². The molecule has 2 amide bonds. The quantitative estimate of drug-likeness (QED) is 0.803. The molecule has 0 unspecified atom stereocenters. The number of nitrogens with one attached hydrogen (secondary N) is 2. The van der Waals surface area contributed by atoms with Crippen LogP contribution in [0.4, 0.5) is 9.59 Å². The molecule has 0 atom stereocenters. The molecular formula is C12H16N2O4. The summed E-state index contributed by atoms with van der Waals surface area (Å²) in [6.07, 6.45) is -1.99. The fraction of sp³-hybridized carbons (Fsp3) is 0.333. The highest BCUT2D eigenvalue weighted by molar-refractivity contribution is 5.71. The van der Waals surface area contributed by atoms with Crippen molar-refractivity contribution in [2.75, 3.05) is 14.2 Å². The van der Waals surface area contributed by atoms with Crippen molar-refractivity contribution in [2.45, 2.75) is 13.1 Å². The highest BCUT2D eigenvalue weighted by atomic mass is 16.5. The zero-order valence-electron chi connectivity index (χ0n) is 10.5. The fourth-order valence-corrected chi connectivity index (χ4v) is 1.32. The summed E-state index contributed by atoms with van der Waals surface area (Å²) in [5, 5.41) is 4.99. The highest BCUT2D eigenvalue weighted by Gasteiger charge is 2.17. The lowest BCUT2D eigenvalue weighted by molar-refractivity contribution is 0.153. The van der Waals surface area contributed by atoms with Gasteiger partial charge in [0.25, 0.3) is 0 Å². The molecule has 0 spiro atoms. The molecule has 1 rings (SSSR count). The third kappa shape index (κ3) is 3.97. The smallest absolute Gasteiger partial charge is 0.408 e. The van der Waals surface area contributed by atoms with Crippen molar-refractivity contribution < 1.29 is 19.1 Å². The second-order valence-electron chi connectivity index (χ2n) is 3.62. The van der Waals surface area contributed by atoms with Crippen LogP contribution in [-0.2, 0) is 9.47 Å². The Morgan fingerprint density at radius 1 is 1.00 bits per heavy atom. The summed E-state index contributed by atoms with van der Waals surface area (Å²) < 4.78 is 9.00. The molecule has 0 radical (unpaired) electrons. The summed E-state index contributed by atoms with van der Waals surface area (Å²) >= 11 is 0. The fourth-order valence-electron chi connectivity index (χ4n) is 1.32. The number of benzene rings is 1. The molecule has 0 saturated carbocycles. The summed E-state index contributed by atoms with van der Waals surface area (Å²) in [6, 6.07) is 7.35. The van der Waals surface area contributed by atoms with Crippen LogP contribution in [0.25, 0.3) is 0 Å². The maximum atomic E-state index is 11.2. The molecule has 18 heavy (non-hydrogen) atoms. The molecule has 0 bridgehead atoms. The zero-order chi connectivity index (χ0) is 13.5. The number of ether oxygens (including phenoxy) is 2. The van der Waals surface area contributed by atoms with Gasteiger partial charge in [0.15, 0.2) is 0 Å². The summed E-state index contributed by atoms with van der Waals surface area (Å²) in [7, 11) is 2.50. The Hall–Kier alpha value is -2.24. The third-order valence-electron chi connectivity index (χ3n) is 2.31. The van der Waals surface area contributed by atoms with Gasteiger partial charge >= 0.3 is 12.2 Å². The molecule has 1 aromatic rings. The molecule has 2 N–H and O–H groups in total. The Morgan fingerprint density at radius 2 is 1.44 bits per heavy atom. The van der Waals surface area contributed by atoms with Crippen LogP contribution in [0.5, 0.6) is 0 Å². The first-order chi connectivity index (χ1) is 8.56. The Labute approximate surface area is 105 Å². The molecular weight excluding hydrogens is 236 g/mol. The van der Waals surface area contributed by atoms with Crippen molar-refractivity contribution >= 4 is 12.2 Å². The van der Waals surface area contributed by atoms with Crippen molar-refractivity contribution in [3.63, 3.8) is 0 Å². The van der Waals surface area contributed by atoms with E-state index in [9.17, 15) is 9.59 Å². The number of rotatable bonds is 3. The van der Waals surface area contributed by atoms with Gasteiger partial charge in [-0.25, -0.2) is 9.59 Å². The second-order valence-corrected chi connectivity index (χ2v) is 3.62. The van der Waals surface area contributed by atoms with Gasteiger partial charge in [-0.2, -0.15) is 0 Å². The average Bonchev–Trinajstić information content (AvgIpc) is 2.38. The van der Waals surface area contributed by atoms with Crippen LogP contribution in [0.1, 0.15) is 17.3 Å². The van der Waals surface area contributed by atoms with Gasteiger partial charge in [-0.15, -0.1) is 0 Å². The van der Waals surface area contributed by atoms with E-state index in [4.69, 9.17) is 0 Å². The van der Waals surface area contributed by atoms with Crippen molar-refractivity contribution in [1.29, 1.82) is 0 Å². The van der Waals surface area contributed by atoms with Crippen molar-refractivity contribution in [3.8, 4) is 0 Å². The first-order valence-electron chi connectivity index (χ1n) is 5.32. The monoisotopic (exact) mass is 252 g/mol. The Bertz CT molecular complexity index is 399. The van der Waals surface area contributed by atoms with Crippen LogP contribution >= 0.6 is 0 Å². The SMILES string of the molecule is COC(=O)NC(NC(=O)OC)c1ccc(C)cc1. The number of methoxy groups -OCH3 is 2. The first kappa shape index (κ1) is 13.8. The number of carbonyl (C=O) groups is 2. The largest absolute Gasteiger partial charge is 0.453 e. The lowest BCUT2D eigenvalue weighted by Crippen LogP contribution is -2.41. The molecule has 0 aliphatic carbocycles. The van der Waals surface area contributed by atoms with Gasteiger partial charge in [0.2, 0.25) is 0 Å². The zero-order valence-corrected chi connectivity index (χ0v) is 10.5. The first-order valence-corrected chi connectivity index (χ1v) is 5.32. The molecule has 1 aromatic carbocycles. The maximum absolute atomic E-state index is 11.2. The van der Waals surface area contributed by atoms with Crippen molar-refractivity contribution in [2.24, 2.45) is 0 Å². The van der Waals surface area contributed by atoms with E-state index in [0.717, 1.165) is 11.1 Å². The average molecular weight is 252 g/mol. The van der Waals surface area contributed by atoms with E-state index in [1.165, 1.54) is 14.2 Å². The van der Waals surface area contributed by atoms with Gasteiger partial charge < -0.3 is 9.47 Å². The van der Waals surface area contributed by atoms with Crippen LogP contribution in [0.2, 0.25) is 0 Å². The molecule has 0 saturated heterocycles. The lowest BCUT2D eigenvalue weighted by atomic mass is 10.1. The van der Waals surface area contributed by atoms with Gasteiger partial charge in [0, 0.05) is 0 Å². The number of hydrogen-bond acceptors (Lipinski definition) is 4. The number of carbonyl (C=O) groups excluding carboxylic acids is 2. The van der Waals surface area contributed by atoms with Crippen LogP contribution < -0.4 is 10.6 Å². The number of hydrogen-bond donors (Lipinski definition) is 2.